The highest BCUT2D eigenvalue weighted by molar-refractivity contribution is 6.74. The third-order valence-electron chi connectivity index (χ3n) is 2.53. The minimum atomic E-state index is -0.868. The van der Waals surface area contributed by atoms with Crippen molar-refractivity contribution in [2.45, 2.75) is 19.0 Å². The summed E-state index contributed by atoms with van der Waals surface area (Å²) in [5.41, 5.74) is 1.42. The van der Waals surface area contributed by atoms with Gasteiger partial charge in [-0.2, -0.15) is 0 Å². The molecule has 1 aromatic carbocycles. The van der Waals surface area contributed by atoms with Gasteiger partial charge in [0.15, 0.2) is 0 Å². The first-order valence-corrected chi connectivity index (χ1v) is 7.28. The van der Waals surface area contributed by atoms with Crippen LogP contribution in [-0.2, 0) is 0 Å². The molecule has 1 heteroatoms. The molecule has 0 aliphatic rings. The van der Waals surface area contributed by atoms with Crippen LogP contribution in [0.5, 0.6) is 0 Å². The van der Waals surface area contributed by atoms with Gasteiger partial charge in [0.25, 0.3) is 0 Å². The maximum absolute atomic E-state index is 3.84. The molecule has 0 atom stereocenters. The molecule has 0 saturated heterocycles. The second kappa shape index (κ2) is 5.61. The summed E-state index contributed by atoms with van der Waals surface area (Å²) in [7, 11) is -0.868. The lowest BCUT2D eigenvalue weighted by molar-refractivity contribution is 1.47. The third kappa shape index (κ3) is 2.71. The van der Waals surface area contributed by atoms with Crippen LogP contribution in [0.2, 0.25) is 12.1 Å². The molecule has 0 radical (unpaired) electrons. The van der Waals surface area contributed by atoms with E-state index in [9.17, 15) is 0 Å². The Labute approximate surface area is 88.6 Å². The number of aryl methyl sites for hydroxylation is 1. The average molecular weight is 202 g/mol. The van der Waals surface area contributed by atoms with E-state index in [1.165, 1.54) is 5.56 Å². The van der Waals surface area contributed by atoms with Crippen molar-refractivity contribution in [2.75, 3.05) is 0 Å². The quantitative estimate of drug-likeness (QED) is 0.509. The van der Waals surface area contributed by atoms with Crippen molar-refractivity contribution in [1.82, 2.24) is 0 Å². The first kappa shape index (κ1) is 11.0. The average Bonchev–Trinajstić information content (AvgIpc) is 2.18. The van der Waals surface area contributed by atoms with Gasteiger partial charge in [-0.15, -0.1) is 13.2 Å². The first-order valence-electron chi connectivity index (χ1n) is 5.07. The largest absolute Gasteiger partial charge is 0.103 e. The molecular weight excluding hydrogens is 184 g/mol. The fourth-order valence-electron chi connectivity index (χ4n) is 1.80. The molecule has 0 aliphatic heterocycles. The van der Waals surface area contributed by atoms with Gasteiger partial charge >= 0.3 is 0 Å². The predicted molar refractivity (Wildman–Crippen MR) is 68.0 cm³/mol. The van der Waals surface area contributed by atoms with Crippen LogP contribution < -0.4 is 5.19 Å². The number of hydrogen-bond acceptors (Lipinski definition) is 0. The van der Waals surface area contributed by atoms with E-state index in [-0.39, 0.29) is 0 Å². The molecule has 0 fully saturated rings. The Balaban J connectivity index is 2.91. The molecule has 74 valence electrons. The van der Waals surface area contributed by atoms with Crippen LogP contribution in [-0.4, -0.2) is 8.80 Å². The Kier molecular flexibility index (Phi) is 4.40. The van der Waals surface area contributed by atoms with Gasteiger partial charge in [0, 0.05) is 0 Å². The molecule has 0 aliphatic carbocycles. The molecular formula is C13H18Si. The maximum Gasteiger partial charge on any atom is 0.0785 e. The van der Waals surface area contributed by atoms with Gasteiger partial charge in [-0.25, -0.2) is 0 Å². The third-order valence-corrected chi connectivity index (χ3v) is 5.86. The van der Waals surface area contributed by atoms with Gasteiger partial charge < -0.3 is 0 Å². The lowest BCUT2D eigenvalue weighted by Crippen LogP contribution is -2.30. The highest BCUT2D eigenvalue weighted by Crippen LogP contribution is 2.05. The minimum absolute atomic E-state index is 0.868. The van der Waals surface area contributed by atoms with Gasteiger partial charge in [0.1, 0.15) is 0 Å². The summed E-state index contributed by atoms with van der Waals surface area (Å²) < 4.78 is 0. The zero-order valence-electron chi connectivity index (χ0n) is 8.87. The summed E-state index contributed by atoms with van der Waals surface area (Å²) in [6.45, 7) is 9.87. The Morgan fingerprint density at radius 2 is 1.71 bits per heavy atom. The Bertz CT molecular complexity index is 305. The van der Waals surface area contributed by atoms with Crippen molar-refractivity contribution in [3.05, 3.63) is 55.1 Å². The van der Waals surface area contributed by atoms with Crippen LogP contribution in [0.4, 0.5) is 0 Å². The van der Waals surface area contributed by atoms with Gasteiger partial charge in [0.2, 0.25) is 0 Å². The van der Waals surface area contributed by atoms with E-state index in [0.717, 1.165) is 12.1 Å². The molecule has 0 aromatic heterocycles. The lowest BCUT2D eigenvalue weighted by atomic mass is 10.2. The van der Waals surface area contributed by atoms with Crippen molar-refractivity contribution in [2.24, 2.45) is 0 Å². The Hall–Kier alpha value is -1.08. The van der Waals surface area contributed by atoms with Gasteiger partial charge in [0.05, 0.1) is 8.80 Å². The fourth-order valence-corrected chi connectivity index (χ4v) is 4.43. The van der Waals surface area contributed by atoms with Crippen LogP contribution in [0.3, 0.4) is 0 Å². The highest BCUT2D eigenvalue weighted by Gasteiger charge is 2.11. The van der Waals surface area contributed by atoms with Crippen LogP contribution in [0.1, 0.15) is 5.56 Å². The Morgan fingerprint density at radius 1 is 1.14 bits per heavy atom. The number of rotatable bonds is 5. The van der Waals surface area contributed by atoms with Gasteiger partial charge in [-0.1, -0.05) is 47.2 Å². The highest BCUT2D eigenvalue weighted by atomic mass is 28.3. The summed E-state index contributed by atoms with van der Waals surface area (Å²) in [6.07, 6.45) is 4.10. The number of hydrogen-bond donors (Lipinski definition) is 0. The predicted octanol–water partition coefficient (Wildman–Crippen LogP) is 2.80. The molecule has 1 aromatic rings. The molecule has 0 nitrogen and oxygen atoms in total. The van der Waals surface area contributed by atoms with E-state index in [1.54, 1.807) is 5.19 Å². The van der Waals surface area contributed by atoms with Crippen molar-refractivity contribution in [1.29, 1.82) is 0 Å². The summed E-state index contributed by atoms with van der Waals surface area (Å²) in [6, 6.07) is 11.0. The molecule has 1 rings (SSSR count). The van der Waals surface area contributed by atoms with E-state index in [4.69, 9.17) is 0 Å². The van der Waals surface area contributed by atoms with Gasteiger partial charge in [-0.3, -0.25) is 0 Å². The molecule has 0 amide bonds. The standard InChI is InChI=1S/C13H18Si/c1-4-10-14(11-5-2)13-9-7-6-8-12(13)3/h4-9,14H,1-2,10-11H2,3H3. The van der Waals surface area contributed by atoms with E-state index in [1.807, 2.05) is 12.2 Å². The summed E-state index contributed by atoms with van der Waals surface area (Å²) in [5.74, 6) is 0. The molecule has 0 saturated carbocycles. The van der Waals surface area contributed by atoms with Crippen molar-refractivity contribution >= 4 is 14.0 Å². The summed E-state index contributed by atoms with van der Waals surface area (Å²) >= 11 is 0. The van der Waals surface area contributed by atoms with Crippen LogP contribution in [0.15, 0.2) is 49.6 Å². The molecule has 0 unspecified atom stereocenters. The monoisotopic (exact) mass is 202 g/mol. The van der Waals surface area contributed by atoms with Crippen molar-refractivity contribution in [3.63, 3.8) is 0 Å². The van der Waals surface area contributed by atoms with E-state index >= 15 is 0 Å². The zero-order chi connectivity index (χ0) is 10.4. The van der Waals surface area contributed by atoms with Crippen LogP contribution in [0.25, 0.3) is 0 Å². The van der Waals surface area contributed by atoms with E-state index in [2.05, 4.69) is 44.3 Å². The second-order valence-electron chi connectivity index (χ2n) is 3.60. The van der Waals surface area contributed by atoms with E-state index in [0.29, 0.717) is 0 Å². The molecule has 0 bridgehead atoms. The Morgan fingerprint density at radius 3 is 2.21 bits per heavy atom. The summed E-state index contributed by atoms with van der Waals surface area (Å²) in [4.78, 5) is 0. The normalized spacial score (nSPS) is 10.1. The van der Waals surface area contributed by atoms with E-state index < -0.39 is 8.80 Å². The smallest absolute Gasteiger partial charge is 0.0785 e. The lowest BCUT2D eigenvalue weighted by Gasteiger charge is -2.14. The molecule has 0 heterocycles. The fraction of sp³-hybridized carbons (Fsp3) is 0.231. The van der Waals surface area contributed by atoms with Crippen molar-refractivity contribution < 1.29 is 0 Å². The van der Waals surface area contributed by atoms with Crippen LogP contribution >= 0.6 is 0 Å². The molecule has 0 spiro atoms. The van der Waals surface area contributed by atoms with Crippen molar-refractivity contribution in [3.8, 4) is 0 Å². The second-order valence-corrected chi connectivity index (χ2v) is 6.56. The summed E-state index contributed by atoms with van der Waals surface area (Å²) in [5, 5.41) is 1.56. The molecule has 14 heavy (non-hydrogen) atoms. The molecule has 0 N–H and O–H groups in total. The zero-order valence-corrected chi connectivity index (χ0v) is 10.0. The topological polar surface area (TPSA) is 0 Å². The minimum Gasteiger partial charge on any atom is -0.103 e. The number of benzene rings is 1. The first-order chi connectivity index (χ1) is 6.79. The maximum atomic E-state index is 3.84. The van der Waals surface area contributed by atoms with Gasteiger partial charge in [-0.05, 0) is 19.0 Å². The SMILES string of the molecule is C=CC[SiH](CC=C)c1ccccc1C. The van der Waals surface area contributed by atoms with Crippen LogP contribution in [0, 0.1) is 6.92 Å². The number of allylic oxidation sites excluding steroid dienone is 2.